The highest BCUT2D eigenvalue weighted by Crippen LogP contribution is 2.45. The van der Waals surface area contributed by atoms with E-state index in [0.717, 1.165) is 11.1 Å². The van der Waals surface area contributed by atoms with Crippen molar-refractivity contribution >= 4 is 11.4 Å². The fourth-order valence-electron chi connectivity index (χ4n) is 4.27. The quantitative estimate of drug-likeness (QED) is 0.458. The van der Waals surface area contributed by atoms with Gasteiger partial charge in [-0.15, -0.1) is 5.10 Å². The molecule has 0 spiro atoms. The summed E-state index contributed by atoms with van der Waals surface area (Å²) in [4.78, 5) is 22.1. The van der Waals surface area contributed by atoms with Crippen LogP contribution < -0.4 is 14.2 Å². The van der Waals surface area contributed by atoms with E-state index in [4.69, 9.17) is 19.2 Å². The number of fused-ring (bicyclic) bond motifs is 3. The molecule has 0 N–H and O–H groups in total. The van der Waals surface area contributed by atoms with Gasteiger partial charge in [-0.1, -0.05) is 36.4 Å². The lowest BCUT2D eigenvalue weighted by atomic mass is 9.81. The lowest BCUT2D eigenvalue weighted by molar-refractivity contribution is -0.114. The number of hydrogen-bond donors (Lipinski definition) is 0. The molecule has 0 amide bonds. The van der Waals surface area contributed by atoms with E-state index in [1.807, 2.05) is 48.5 Å². The van der Waals surface area contributed by atoms with Crippen molar-refractivity contribution in [3.05, 3.63) is 77.3 Å². The van der Waals surface area contributed by atoms with Gasteiger partial charge in [0.05, 0.1) is 25.7 Å². The van der Waals surface area contributed by atoms with Crippen molar-refractivity contribution in [1.82, 2.24) is 19.6 Å². The predicted octanol–water partition coefficient (Wildman–Crippen LogP) is 4.20. The minimum atomic E-state index is -0.463. The summed E-state index contributed by atoms with van der Waals surface area (Å²) in [6.45, 7) is 3.31. The Kier molecular flexibility index (Phi) is 5.05. The summed E-state index contributed by atoms with van der Waals surface area (Å²) >= 11 is 0. The molecule has 2 aromatic heterocycles. The van der Waals surface area contributed by atoms with Gasteiger partial charge in [-0.3, -0.25) is 4.79 Å². The first-order valence-electron chi connectivity index (χ1n) is 10.4. The van der Waals surface area contributed by atoms with Gasteiger partial charge in [0.25, 0.3) is 0 Å². The van der Waals surface area contributed by atoms with Crippen LogP contribution in [-0.4, -0.2) is 39.6 Å². The van der Waals surface area contributed by atoms with E-state index in [1.165, 1.54) is 6.92 Å². The molecule has 0 saturated heterocycles. The standard InChI is InChI=1S/C25H22N4O4/c1-14(30)20-15(2)33-25-22(21(20)17-10-11-18(31-3)19(12-17)32-4)24-27-23(28-29(24)13-26-25)16-8-6-5-7-9-16/h5-13,21H,1-4H3. The molecule has 1 unspecified atom stereocenters. The van der Waals surface area contributed by atoms with Gasteiger partial charge in [-0.25, -0.2) is 14.5 Å². The van der Waals surface area contributed by atoms with Crippen LogP contribution in [0.4, 0.5) is 0 Å². The molecule has 8 nitrogen and oxygen atoms in total. The number of nitrogens with zero attached hydrogens (tertiary/aromatic N) is 4. The Bertz CT molecular complexity index is 1410. The van der Waals surface area contributed by atoms with E-state index in [2.05, 4.69) is 10.1 Å². The van der Waals surface area contributed by atoms with Crippen molar-refractivity contribution in [3.8, 4) is 28.8 Å². The number of aromatic nitrogens is 4. The van der Waals surface area contributed by atoms with Gasteiger partial charge in [-0.2, -0.15) is 0 Å². The van der Waals surface area contributed by atoms with E-state index >= 15 is 0 Å². The summed E-state index contributed by atoms with van der Waals surface area (Å²) < 4.78 is 18.5. The molecule has 33 heavy (non-hydrogen) atoms. The number of benzene rings is 2. The molecular formula is C25H22N4O4. The van der Waals surface area contributed by atoms with Gasteiger partial charge in [-0.05, 0) is 31.5 Å². The normalized spacial score (nSPS) is 15.2. The largest absolute Gasteiger partial charge is 0.493 e. The van der Waals surface area contributed by atoms with Gasteiger partial charge < -0.3 is 14.2 Å². The molecule has 8 heteroatoms. The molecule has 0 radical (unpaired) electrons. The Morgan fingerprint density at radius 1 is 1.06 bits per heavy atom. The first-order valence-corrected chi connectivity index (χ1v) is 10.4. The number of methoxy groups -OCH3 is 2. The third-order valence-electron chi connectivity index (χ3n) is 5.75. The van der Waals surface area contributed by atoms with E-state index in [1.54, 1.807) is 32.0 Å². The Balaban J connectivity index is 1.78. The first kappa shape index (κ1) is 20.7. The summed E-state index contributed by atoms with van der Waals surface area (Å²) in [7, 11) is 3.16. The maximum absolute atomic E-state index is 12.8. The molecule has 0 fully saturated rings. The summed E-state index contributed by atoms with van der Waals surface area (Å²) in [5, 5.41) is 4.61. The number of carbonyl (C=O) groups is 1. The zero-order valence-corrected chi connectivity index (χ0v) is 18.7. The number of ketones is 1. The molecule has 4 aromatic rings. The van der Waals surface area contributed by atoms with Gasteiger partial charge in [0.2, 0.25) is 5.88 Å². The van der Waals surface area contributed by atoms with Crippen LogP contribution in [0.1, 0.15) is 30.9 Å². The predicted molar refractivity (Wildman–Crippen MR) is 122 cm³/mol. The molecule has 1 atom stereocenters. The summed E-state index contributed by atoms with van der Waals surface area (Å²) in [5.41, 5.74) is 3.50. The Morgan fingerprint density at radius 2 is 1.82 bits per heavy atom. The second-order valence-electron chi connectivity index (χ2n) is 7.71. The zero-order chi connectivity index (χ0) is 23.1. The molecular weight excluding hydrogens is 420 g/mol. The van der Waals surface area contributed by atoms with Crippen LogP contribution in [-0.2, 0) is 4.79 Å². The van der Waals surface area contributed by atoms with Gasteiger partial charge in [0.15, 0.2) is 28.8 Å². The molecule has 166 valence electrons. The molecule has 0 bridgehead atoms. The third-order valence-corrected chi connectivity index (χ3v) is 5.75. The van der Waals surface area contributed by atoms with Crippen molar-refractivity contribution in [2.45, 2.75) is 19.8 Å². The number of hydrogen-bond acceptors (Lipinski definition) is 7. The fraction of sp³-hybridized carbons (Fsp3) is 0.200. The molecule has 0 aliphatic carbocycles. The van der Waals surface area contributed by atoms with Gasteiger partial charge in [0.1, 0.15) is 12.1 Å². The van der Waals surface area contributed by atoms with Crippen LogP contribution in [0.15, 0.2) is 66.2 Å². The van der Waals surface area contributed by atoms with Crippen LogP contribution in [0.5, 0.6) is 17.4 Å². The smallest absolute Gasteiger partial charge is 0.228 e. The van der Waals surface area contributed by atoms with Crippen molar-refractivity contribution in [2.75, 3.05) is 14.2 Å². The van der Waals surface area contributed by atoms with E-state index in [-0.39, 0.29) is 5.78 Å². The van der Waals surface area contributed by atoms with Crippen molar-refractivity contribution in [2.24, 2.45) is 0 Å². The van der Waals surface area contributed by atoms with Crippen LogP contribution in [0, 0.1) is 0 Å². The zero-order valence-electron chi connectivity index (χ0n) is 18.7. The van der Waals surface area contributed by atoms with Crippen molar-refractivity contribution in [3.63, 3.8) is 0 Å². The summed E-state index contributed by atoms with van der Waals surface area (Å²) in [6, 6.07) is 15.3. The lowest BCUT2D eigenvalue weighted by Crippen LogP contribution is -2.22. The van der Waals surface area contributed by atoms with Crippen LogP contribution >= 0.6 is 0 Å². The maximum Gasteiger partial charge on any atom is 0.228 e. The van der Waals surface area contributed by atoms with Crippen molar-refractivity contribution in [1.29, 1.82) is 0 Å². The van der Waals surface area contributed by atoms with E-state index in [9.17, 15) is 4.79 Å². The molecule has 5 rings (SSSR count). The Morgan fingerprint density at radius 3 is 2.52 bits per heavy atom. The number of Topliss-reactive ketones (excluding diaryl/α,β-unsaturated/α-hetero) is 1. The molecule has 1 aliphatic heterocycles. The second-order valence-corrected chi connectivity index (χ2v) is 7.71. The summed E-state index contributed by atoms with van der Waals surface area (Å²) in [5.74, 6) is 2.08. The Hall–Kier alpha value is -4.20. The highest BCUT2D eigenvalue weighted by atomic mass is 16.5. The highest BCUT2D eigenvalue weighted by molar-refractivity contribution is 5.97. The Labute approximate surface area is 190 Å². The van der Waals surface area contributed by atoms with Crippen molar-refractivity contribution < 1.29 is 19.0 Å². The average molecular weight is 442 g/mol. The third kappa shape index (κ3) is 3.40. The van der Waals surface area contributed by atoms with Gasteiger partial charge in [0, 0.05) is 11.1 Å². The monoisotopic (exact) mass is 442 g/mol. The topological polar surface area (TPSA) is 87.8 Å². The maximum atomic E-state index is 12.8. The van der Waals surface area contributed by atoms with Gasteiger partial charge >= 0.3 is 0 Å². The first-order chi connectivity index (χ1) is 16.0. The lowest BCUT2D eigenvalue weighted by Gasteiger charge is -2.28. The van der Waals surface area contributed by atoms with E-state index < -0.39 is 5.92 Å². The average Bonchev–Trinajstić information content (AvgIpc) is 3.27. The number of ether oxygens (including phenoxy) is 3. The minimum Gasteiger partial charge on any atom is -0.493 e. The number of allylic oxidation sites excluding steroid dienone is 2. The number of rotatable bonds is 5. The van der Waals surface area contributed by atoms with Crippen LogP contribution in [0.25, 0.3) is 17.0 Å². The fourth-order valence-corrected chi connectivity index (χ4v) is 4.27. The van der Waals surface area contributed by atoms with Crippen LogP contribution in [0.3, 0.4) is 0 Å². The minimum absolute atomic E-state index is 0.0947. The summed E-state index contributed by atoms with van der Waals surface area (Å²) in [6.07, 6.45) is 1.57. The number of carbonyl (C=O) groups excluding carboxylic acids is 1. The second kappa shape index (κ2) is 8.05. The molecule has 1 aliphatic rings. The SMILES string of the molecule is COc1ccc(C2C(C(C)=O)=C(C)Oc3ncn4nc(-c5ccccc5)nc4c32)cc1OC. The highest BCUT2D eigenvalue weighted by Gasteiger charge is 2.36. The molecule has 2 aromatic carbocycles. The molecule has 0 saturated carbocycles. The van der Waals surface area contributed by atoms with Crippen LogP contribution in [0.2, 0.25) is 0 Å². The van der Waals surface area contributed by atoms with E-state index in [0.29, 0.717) is 45.7 Å². The molecule has 3 heterocycles.